The van der Waals surface area contributed by atoms with Crippen molar-refractivity contribution >= 4 is 17.6 Å². The predicted octanol–water partition coefficient (Wildman–Crippen LogP) is 3.58. The number of halogens is 1. The Labute approximate surface area is 172 Å². The van der Waals surface area contributed by atoms with Gasteiger partial charge in [-0.3, -0.25) is 9.98 Å². The van der Waals surface area contributed by atoms with Gasteiger partial charge in [0.1, 0.15) is 0 Å². The minimum Gasteiger partial charge on any atom is -0.381 e. The Balaban J connectivity index is 1.70. The normalized spacial score (nSPS) is 16.6. The lowest BCUT2D eigenvalue weighted by atomic mass is 9.74. The molecule has 5 nitrogen and oxygen atoms in total. The summed E-state index contributed by atoms with van der Waals surface area (Å²) in [5, 5.41) is 7.59. The Hall–Kier alpha value is -2.11. The van der Waals surface area contributed by atoms with Gasteiger partial charge in [0.05, 0.1) is 6.54 Å². The lowest BCUT2D eigenvalue weighted by Gasteiger charge is -2.37. The smallest absolute Gasteiger partial charge is 0.191 e. The number of nitrogens with zero attached hydrogens (tertiary/aromatic N) is 2. The summed E-state index contributed by atoms with van der Waals surface area (Å²) in [6, 6.07) is 14.1. The minimum absolute atomic E-state index is 0.0834. The van der Waals surface area contributed by atoms with Crippen molar-refractivity contribution in [3.05, 3.63) is 64.9 Å². The molecule has 0 bridgehead atoms. The molecule has 1 aromatic heterocycles. The third-order valence-electron chi connectivity index (χ3n) is 5.18. The Kier molecular flexibility index (Phi) is 7.69. The highest BCUT2D eigenvalue weighted by Gasteiger charge is 2.36. The molecule has 0 spiro atoms. The van der Waals surface area contributed by atoms with Gasteiger partial charge in [0, 0.05) is 55.1 Å². The maximum Gasteiger partial charge on any atom is 0.191 e. The minimum atomic E-state index is -0.0834. The quantitative estimate of drug-likeness (QED) is 0.551. The van der Waals surface area contributed by atoms with Crippen LogP contribution in [0.25, 0.3) is 0 Å². The first-order valence-corrected chi connectivity index (χ1v) is 10.4. The van der Waals surface area contributed by atoms with E-state index in [-0.39, 0.29) is 5.41 Å². The van der Waals surface area contributed by atoms with Gasteiger partial charge in [-0.1, -0.05) is 35.9 Å². The van der Waals surface area contributed by atoms with Crippen LogP contribution in [-0.2, 0) is 16.6 Å². The van der Waals surface area contributed by atoms with Crippen LogP contribution in [0.4, 0.5) is 0 Å². The molecule has 0 radical (unpaired) electrons. The first-order valence-electron chi connectivity index (χ1n) is 9.98. The second-order valence-electron chi connectivity index (χ2n) is 7.07. The van der Waals surface area contributed by atoms with Crippen LogP contribution in [0.15, 0.2) is 53.7 Å². The summed E-state index contributed by atoms with van der Waals surface area (Å²) in [7, 11) is 0. The van der Waals surface area contributed by atoms with Crippen LogP contribution in [0.2, 0.25) is 5.02 Å². The molecule has 0 aliphatic carbocycles. The molecular weight excluding hydrogens is 372 g/mol. The molecular formula is C22H29ClN4O. The monoisotopic (exact) mass is 400 g/mol. The van der Waals surface area contributed by atoms with Crippen LogP contribution in [-0.4, -0.2) is 43.8 Å². The number of ether oxygens (including phenoxy) is 1. The van der Waals surface area contributed by atoms with Gasteiger partial charge >= 0.3 is 0 Å². The molecule has 1 saturated heterocycles. The van der Waals surface area contributed by atoms with E-state index in [4.69, 9.17) is 21.3 Å². The highest BCUT2D eigenvalue weighted by molar-refractivity contribution is 6.31. The van der Waals surface area contributed by atoms with Crippen molar-refractivity contribution in [3.63, 3.8) is 0 Å². The second kappa shape index (κ2) is 10.4. The molecule has 150 valence electrons. The number of hydrogen-bond donors (Lipinski definition) is 2. The fourth-order valence-corrected chi connectivity index (χ4v) is 3.93. The Morgan fingerprint density at radius 1 is 1.14 bits per heavy atom. The maximum absolute atomic E-state index is 6.55. The molecule has 2 N–H and O–H groups in total. The SMILES string of the molecule is CCNC(=NCC1(c2ccccc2Cl)CCOCC1)NCCc1ccccn1. The van der Waals surface area contributed by atoms with Gasteiger partial charge < -0.3 is 15.4 Å². The molecule has 0 saturated carbocycles. The molecule has 3 rings (SSSR count). The Morgan fingerprint density at radius 3 is 2.64 bits per heavy atom. The molecule has 6 heteroatoms. The number of aromatic nitrogens is 1. The van der Waals surface area contributed by atoms with Gasteiger partial charge in [-0.15, -0.1) is 0 Å². The number of rotatable bonds is 7. The summed E-state index contributed by atoms with van der Waals surface area (Å²) >= 11 is 6.55. The van der Waals surface area contributed by atoms with E-state index in [0.29, 0.717) is 6.54 Å². The number of pyridine rings is 1. The number of guanidine groups is 1. The summed E-state index contributed by atoms with van der Waals surface area (Å²) in [5.41, 5.74) is 2.16. The van der Waals surface area contributed by atoms with Crippen LogP contribution in [0.3, 0.4) is 0 Å². The fraction of sp³-hybridized carbons (Fsp3) is 0.455. The number of aliphatic imine (C=N–C) groups is 1. The van der Waals surface area contributed by atoms with E-state index >= 15 is 0 Å². The fourth-order valence-electron chi connectivity index (χ4n) is 3.59. The Morgan fingerprint density at radius 2 is 1.93 bits per heavy atom. The molecule has 1 aromatic carbocycles. The lowest BCUT2D eigenvalue weighted by molar-refractivity contribution is 0.0531. The van der Waals surface area contributed by atoms with Crippen molar-refractivity contribution < 1.29 is 4.74 Å². The van der Waals surface area contributed by atoms with Crippen molar-refractivity contribution in [2.45, 2.75) is 31.6 Å². The van der Waals surface area contributed by atoms with E-state index in [1.165, 1.54) is 5.56 Å². The first kappa shape index (κ1) is 20.6. The molecule has 2 aromatic rings. The van der Waals surface area contributed by atoms with Crippen LogP contribution >= 0.6 is 11.6 Å². The first-order chi connectivity index (χ1) is 13.7. The van der Waals surface area contributed by atoms with Crippen molar-refractivity contribution in [1.82, 2.24) is 15.6 Å². The number of nitrogens with one attached hydrogen (secondary N) is 2. The lowest BCUT2D eigenvalue weighted by Crippen LogP contribution is -2.42. The molecule has 2 heterocycles. The van der Waals surface area contributed by atoms with Crippen molar-refractivity contribution in [3.8, 4) is 0 Å². The average molecular weight is 401 g/mol. The summed E-state index contributed by atoms with van der Waals surface area (Å²) in [6.07, 6.45) is 4.53. The second-order valence-corrected chi connectivity index (χ2v) is 7.47. The van der Waals surface area contributed by atoms with E-state index in [0.717, 1.165) is 62.2 Å². The molecule has 28 heavy (non-hydrogen) atoms. The van der Waals surface area contributed by atoms with Gasteiger partial charge in [0.2, 0.25) is 0 Å². The molecule has 0 atom stereocenters. The standard InChI is InChI=1S/C22H29ClN4O/c1-2-24-21(26-14-10-18-7-5-6-13-25-18)27-17-22(11-15-28-16-12-22)19-8-3-4-9-20(19)23/h3-9,13H,2,10-12,14-17H2,1H3,(H2,24,26,27). The van der Waals surface area contributed by atoms with E-state index in [1.807, 2.05) is 36.5 Å². The summed E-state index contributed by atoms with van der Waals surface area (Å²) in [5.74, 6) is 0.830. The summed E-state index contributed by atoms with van der Waals surface area (Å²) in [6.45, 7) is 5.84. The van der Waals surface area contributed by atoms with Crippen LogP contribution < -0.4 is 10.6 Å². The van der Waals surface area contributed by atoms with Crippen LogP contribution in [0, 0.1) is 0 Å². The molecule has 0 unspecified atom stereocenters. The van der Waals surface area contributed by atoms with Gasteiger partial charge in [-0.2, -0.15) is 0 Å². The number of hydrogen-bond acceptors (Lipinski definition) is 3. The number of benzene rings is 1. The molecule has 1 aliphatic rings. The zero-order valence-corrected chi connectivity index (χ0v) is 17.2. The maximum atomic E-state index is 6.55. The predicted molar refractivity (Wildman–Crippen MR) is 115 cm³/mol. The van der Waals surface area contributed by atoms with E-state index < -0.39 is 0 Å². The highest BCUT2D eigenvalue weighted by atomic mass is 35.5. The van der Waals surface area contributed by atoms with Gasteiger partial charge in [0.15, 0.2) is 5.96 Å². The van der Waals surface area contributed by atoms with E-state index in [9.17, 15) is 0 Å². The summed E-state index contributed by atoms with van der Waals surface area (Å²) in [4.78, 5) is 9.29. The zero-order valence-electron chi connectivity index (χ0n) is 16.5. The van der Waals surface area contributed by atoms with Gasteiger partial charge in [0.25, 0.3) is 0 Å². The van der Waals surface area contributed by atoms with Gasteiger partial charge in [-0.05, 0) is 43.5 Å². The van der Waals surface area contributed by atoms with Crippen molar-refractivity contribution in [1.29, 1.82) is 0 Å². The van der Waals surface area contributed by atoms with Crippen molar-refractivity contribution in [2.75, 3.05) is 32.8 Å². The van der Waals surface area contributed by atoms with Crippen molar-refractivity contribution in [2.24, 2.45) is 4.99 Å². The molecule has 1 aliphatic heterocycles. The Bertz CT molecular complexity index is 760. The van der Waals surface area contributed by atoms with E-state index in [2.05, 4.69) is 34.7 Å². The summed E-state index contributed by atoms with van der Waals surface area (Å²) < 4.78 is 5.62. The molecule has 1 fully saturated rings. The van der Waals surface area contributed by atoms with Crippen LogP contribution in [0.5, 0.6) is 0 Å². The van der Waals surface area contributed by atoms with Gasteiger partial charge in [-0.25, -0.2) is 0 Å². The van der Waals surface area contributed by atoms with E-state index in [1.54, 1.807) is 0 Å². The average Bonchev–Trinajstić information content (AvgIpc) is 2.74. The largest absolute Gasteiger partial charge is 0.381 e. The third-order valence-corrected chi connectivity index (χ3v) is 5.51. The third kappa shape index (κ3) is 5.46. The highest BCUT2D eigenvalue weighted by Crippen LogP contribution is 2.38. The molecule has 0 amide bonds. The zero-order chi connectivity index (χ0) is 19.7. The topological polar surface area (TPSA) is 58.5 Å². The van der Waals surface area contributed by atoms with Crippen LogP contribution in [0.1, 0.15) is 31.0 Å².